The molecule has 6 heteroatoms. The number of anilines is 1. The maximum atomic E-state index is 13.4. The third kappa shape index (κ3) is 3.30. The van der Waals surface area contributed by atoms with Gasteiger partial charge < -0.3 is 15.5 Å². The van der Waals surface area contributed by atoms with Gasteiger partial charge in [0.2, 0.25) is 11.8 Å². The van der Waals surface area contributed by atoms with Crippen molar-refractivity contribution >= 4 is 17.5 Å². The van der Waals surface area contributed by atoms with Crippen LogP contribution in [0.3, 0.4) is 0 Å². The Bertz CT molecular complexity index is 608. The van der Waals surface area contributed by atoms with E-state index in [0.717, 1.165) is 12.8 Å². The van der Waals surface area contributed by atoms with Gasteiger partial charge in [-0.15, -0.1) is 0 Å². The molecule has 0 aromatic heterocycles. The number of halogens is 1. The van der Waals surface area contributed by atoms with E-state index < -0.39 is 5.54 Å². The summed E-state index contributed by atoms with van der Waals surface area (Å²) in [5.74, 6) is -0.0661. The normalized spacial score (nSPS) is 20.0. The molecule has 23 heavy (non-hydrogen) atoms. The van der Waals surface area contributed by atoms with E-state index in [4.69, 9.17) is 0 Å². The van der Waals surface area contributed by atoms with Crippen LogP contribution in [0.2, 0.25) is 0 Å². The van der Waals surface area contributed by atoms with Gasteiger partial charge in [-0.1, -0.05) is 6.07 Å². The Morgan fingerprint density at radius 3 is 2.52 bits per heavy atom. The Balaban J connectivity index is 1.73. The summed E-state index contributed by atoms with van der Waals surface area (Å²) in [6.45, 7) is 1.09. The number of hydrogen-bond acceptors (Lipinski definition) is 3. The number of likely N-dealkylation sites (N-methyl/N-ethyl adjacent to an activating group) is 1. The van der Waals surface area contributed by atoms with Crippen molar-refractivity contribution < 1.29 is 14.0 Å². The zero-order valence-electron chi connectivity index (χ0n) is 13.3. The summed E-state index contributed by atoms with van der Waals surface area (Å²) in [5, 5.41) is 5.89. The van der Waals surface area contributed by atoms with Crippen LogP contribution < -0.4 is 10.6 Å². The highest BCUT2D eigenvalue weighted by Crippen LogP contribution is 2.34. The van der Waals surface area contributed by atoms with E-state index in [2.05, 4.69) is 10.6 Å². The Morgan fingerprint density at radius 2 is 1.96 bits per heavy atom. The molecule has 124 valence electrons. The standard InChI is InChI=1S/C17H22FN3O2/c1-19-16(23)17(20-14-4-2-3-13(18)11-14)7-9-21(10-8-17)15(22)12-5-6-12/h2-4,11-12,20H,5-10H2,1H3,(H,19,23). The first-order chi connectivity index (χ1) is 11.0. The quantitative estimate of drug-likeness (QED) is 0.889. The molecule has 2 fully saturated rings. The van der Waals surface area contributed by atoms with E-state index in [1.54, 1.807) is 19.2 Å². The van der Waals surface area contributed by atoms with Crippen molar-refractivity contribution in [3.8, 4) is 0 Å². The van der Waals surface area contributed by atoms with Gasteiger partial charge in [0.1, 0.15) is 11.4 Å². The Hall–Kier alpha value is -2.11. The number of hydrogen-bond donors (Lipinski definition) is 2. The minimum Gasteiger partial charge on any atom is -0.371 e. The second-order valence-electron chi connectivity index (χ2n) is 6.40. The molecule has 0 radical (unpaired) electrons. The number of amides is 2. The van der Waals surface area contributed by atoms with Gasteiger partial charge in [0.05, 0.1) is 0 Å². The SMILES string of the molecule is CNC(=O)C1(Nc2cccc(F)c2)CCN(C(=O)C2CC2)CC1. The van der Waals surface area contributed by atoms with Crippen molar-refractivity contribution in [2.75, 3.05) is 25.5 Å². The van der Waals surface area contributed by atoms with Gasteiger partial charge in [0, 0.05) is 31.7 Å². The third-order valence-corrected chi connectivity index (χ3v) is 4.73. The predicted octanol–water partition coefficient (Wildman–Crippen LogP) is 1.75. The van der Waals surface area contributed by atoms with Crippen LogP contribution in [-0.2, 0) is 9.59 Å². The highest BCUT2D eigenvalue weighted by atomic mass is 19.1. The summed E-state index contributed by atoms with van der Waals surface area (Å²) in [7, 11) is 1.60. The highest BCUT2D eigenvalue weighted by Gasteiger charge is 2.43. The molecule has 1 aliphatic heterocycles. The monoisotopic (exact) mass is 319 g/mol. The van der Waals surface area contributed by atoms with Crippen LogP contribution in [0, 0.1) is 11.7 Å². The molecule has 1 aromatic rings. The van der Waals surface area contributed by atoms with E-state index in [0.29, 0.717) is 31.6 Å². The second kappa shape index (κ2) is 6.18. The van der Waals surface area contributed by atoms with Gasteiger partial charge in [0.15, 0.2) is 0 Å². The first-order valence-corrected chi connectivity index (χ1v) is 8.09. The summed E-state index contributed by atoms with van der Waals surface area (Å²) in [6.07, 6.45) is 3.00. The smallest absolute Gasteiger partial charge is 0.245 e. The van der Waals surface area contributed by atoms with Gasteiger partial charge >= 0.3 is 0 Å². The van der Waals surface area contributed by atoms with E-state index >= 15 is 0 Å². The number of nitrogens with one attached hydrogen (secondary N) is 2. The zero-order valence-corrected chi connectivity index (χ0v) is 13.3. The fourth-order valence-corrected chi connectivity index (χ4v) is 3.19. The van der Waals surface area contributed by atoms with E-state index in [-0.39, 0.29) is 23.5 Å². The van der Waals surface area contributed by atoms with Gasteiger partial charge in [-0.05, 0) is 43.9 Å². The third-order valence-electron chi connectivity index (χ3n) is 4.73. The number of likely N-dealkylation sites (tertiary alicyclic amines) is 1. The molecular weight excluding hydrogens is 297 g/mol. The first-order valence-electron chi connectivity index (χ1n) is 8.09. The van der Waals surface area contributed by atoms with E-state index in [1.165, 1.54) is 12.1 Å². The molecule has 1 saturated heterocycles. The summed E-state index contributed by atoms with van der Waals surface area (Å²) in [4.78, 5) is 26.5. The molecule has 2 N–H and O–H groups in total. The first kappa shape index (κ1) is 15.8. The lowest BCUT2D eigenvalue weighted by atomic mass is 9.85. The fraction of sp³-hybridized carbons (Fsp3) is 0.529. The lowest BCUT2D eigenvalue weighted by Gasteiger charge is -2.41. The van der Waals surface area contributed by atoms with E-state index in [9.17, 15) is 14.0 Å². The average molecular weight is 319 g/mol. The molecule has 1 heterocycles. The number of rotatable bonds is 4. The Morgan fingerprint density at radius 1 is 1.26 bits per heavy atom. The van der Waals surface area contributed by atoms with Gasteiger partial charge in [-0.3, -0.25) is 9.59 Å². The maximum absolute atomic E-state index is 13.4. The summed E-state index contributed by atoms with van der Waals surface area (Å²) in [6, 6.07) is 6.11. The van der Waals surface area contributed by atoms with Gasteiger partial charge in [-0.25, -0.2) is 4.39 Å². The number of piperidine rings is 1. The zero-order chi connectivity index (χ0) is 16.4. The Kier molecular flexibility index (Phi) is 4.24. The van der Waals surface area contributed by atoms with Crippen LogP contribution in [0.1, 0.15) is 25.7 Å². The molecule has 2 aliphatic rings. The van der Waals surface area contributed by atoms with Crippen molar-refractivity contribution in [1.82, 2.24) is 10.2 Å². The van der Waals surface area contributed by atoms with Crippen molar-refractivity contribution in [1.29, 1.82) is 0 Å². The van der Waals surface area contributed by atoms with Crippen molar-refractivity contribution in [2.24, 2.45) is 5.92 Å². The van der Waals surface area contributed by atoms with Crippen LogP contribution >= 0.6 is 0 Å². The highest BCUT2D eigenvalue weighted by molar-refractivity contribution is 5.90. The van der Waals surface area contributed by atoms with Gasteiger partial charge in [0.25, 0.3) is 0 Å². The maximum Gasteiger partial charge on any atom is 0.245 e. The largest absolute Gasteiger partial charge is 0.371 e. The van der Waals surface area contributed by atoms with Crippen molar-refractivity contribution in [3.05, 3.63) is 30.1 Å². The molecule has 3 rings (SSSR count). The Labute approximate surface area is 135 Å². The van der Waals surface area contributed by atoms with Crippen LogP contribution in [0.5, 0.6) is 0 Å². The summed E-state index contributed by atoms with van der Waals surface area (Å²) < 4.78 is 13.4. The fourth-order valence-electron chi connectivity index (χ4n) is 3.19. The minimum atomic E-state index is -0.803. The number of carbonyl (C=O) groups excluding carboxylic acids is 2. The summed E-state index contributed by atoms with van der Waals surface area (Å²) in [5.41, 5.74) is -0.223. The number of carbonyl (C=O) groups is 2. The van der Waals surface area contributed by atoms with E-state index in [1.807, 2.05) is 4.90 Å². The van der Waals surface area contributed by atoms with Crippen molar-refractivity contribution in [2.45, 2.75) is 31.2 Å². The molecule has 1 aromatic carbocycles. The predicted molar refractivity (Wildman–Crippen MR) is 85.4 cm³/mol. The lowest BCUT2D eigenvalue weighted by Crippen LogP contribution is -2.58. The van der Waals surface area contributed by atoms with Crippen LogP contribution in [0.25, 0.3) is 0 Å². The molecular formula is C17H22FN3O2. The molecule has 0 spiro atoms. The molecule has 0 unspecified atom stereocenters. The van der Waals surface area contributed by atoms with Crippen molar-refractivity contribution in [3.63, 3.8) is 0 Å². The topological polar surface area (TPSA) is 61.4 Å². The van der Waals surface area contributed by atoms with Crippen LogP contribution in [-0.4, -0.2) is 42.4 Å². The molecule has 1 saturated carbocycles. The molecule has 0 atom stereocenters. The minimum absolute atomic E-state index is 0.125. The second-order valence-corrected chi connectivity index (χ2v) is 6.40. The number of nitrogens with zero attached hydrogens (tertiary/aromatic N) is 1. The molecule has 2 amide bonds. The van der Waals surface area contributed by atoms with Crippen LogP contribution in [0.15, 0.2) is 24.3 Å². The van der Waals surface area contributed by atoms with Gasteiger partial charge in [-0.2, -0.15) is 0 Å². The molecule has 1 aliphatic carbocycles. The van der Waals surface area contributed by atoms with Crippen LogP contribution in [0.4, 0.5) is 10.1 Å². The average Bonchev–Trinajstić information content (AvgIpc) is 3.39. The molecule has 0 bridgehead atoms. The summed E-state index contributed by atoms with van der Waals surface area (Å²) >= 11 is 0. The number of benzene rings is 1. The molecule has 5 nitrogen and oxygen atoms in total. The lowest BCUT2D eigenvalue weighted by molar-refractivity contribution is -0.136.